The Kier molecular flexibility index (Phi) is 3.62. The van der Waals surface area contributed by atoms with Crippen LogP contribution in [0.3, 0.4) is 0 Å². The van der Waals surface area contributed by atoms with Gasteiger partial charge in [0.1, 0.15) is 6.04 Å². The number of nitrogens with zero attached hydrogens (tertiary/aromatic N) is 1. The largest absolute Gasteiger partial charge is 0.467 e. The normalized spacial score (nSPS) is 19.0. The highest BCUT2D eigenvalue weighted by Crippen LogP contribution is 2.41. The van der Waals surface area contributed by atoms with Crippen LogP contribution >= 0.6 is 11.6 Å². The minimum atomic E-state index is -4.52. The van der Waals surface area contributed by atoms with Crippen molar-refractivity contribution in [3.05, 3.63) is 28.8 Å². The van der Waals surface area contributed by atoms with Crippen molar-refractivity contribution in [3.63, 3.8) is 0 Å². The van der Waals surface area contributed by atoms with Crippen LogP contribution in [-0.4, -0.2) is 25.7 Å². The molecule has 2 rings (SSSR count). The first-order chi connectivity index (χ1) is 8.84. The number of hydrogen-bond acceptors (Lipinski definition) is 3. The lowest BCUT2D eigenvalue weighted by Crippen LogP contribution is -2.53. The summed E-state index contributed by atoms with van der Waals surface area (Å²) in [5, 5.41) is 0.00576. The highest BCUT2D eigenvalue weighted by atomic mass is 35.5. The molecule has 3 nitrogen and oxygen atoms in total. The SMILES string of the molecule is COC(=O)C1CCN1c1ccc(Cl)cc1C(F)(F)F. The predicted octanol–water partition coefficient (Wildman–Crippen LogP) is 3.11. The van der Waals surface area contributed by atoms with E-state index in [1.165, 1.54) is 24.1 Å². The number of benzene rings is 1. The van der Waals surface area contributed by atoms with E-state index in [-0.39, 0.29) is 10.7 Å². The molecule has 1 unspecified atom stereocenters. The summed E-state index contributed by atoms with van der Waals surface area (Å²) in [5.74, 6) is -0.533. The molecule has 1 saturated heterocycles. The smallest absolute Gasteiger partial charge is 0.418 e. The van der Waals surface area contributed by atoms with E-state index in [9.17, 15) is 18.0 Å². The van der Waals surface area contributed by atoms with Crippen molar-refractivity contribution in [1.82, 2.24) is 0 Å². The molecule has 0 saturated carbocycles. The van der Waals surface area contributed by atoms with Gasteiger partial charge in [0.25, 0.3) is 0 Å². The third-order valence-electron chi connectivity index (χ3n) is 3.07. The first-order valence-electron chi connectivity index (χ1n) is 5.56. The lowest BCUT2D eigenvalue weighted by Gasteiger charge is -2.41. The van der Waals surface area contributed by atoms with Crippen LogP contribution in [0.15, 0.2) is 18.2 Å². The Balaban J connectivity index is 2.38. The molecule has 0 spiro atoms. The molecule has 7 heteroatoms. The third kappa shape index (κ3) is 2.63. The Morgan fingerprint density at radius 1 is 1.47 bits per heavy atom. The lowest BCUT2D eigenvalue weighted by atomic mass is 9.99. The molecule has 1 aromatic rings. The predicted molar refractivity (Wildman–Crippen MR) is 64.2 cm³/mol. The maximum atomic E-state index is 13.0. The van der Waals surface area contributed by atoms with E-state index in [2.05, 4.69) is 4.74 Å². The molecule has 1 aliphatic rings. The second-order valence-corrected chi connectivity index (χ2v) is 4.62. The number of alkyl halides is 3. The molecule has 0 aromatic heterocycles. The molecular weight excluding hydrogens is 283 g/mol. The van der Waals surface area contributed by atoms with Gasteiger partial charge in [0, 0.05) is 17.3 Å². The van der Waals surface area contributed by atoms with Crippen LogP contribution in [0.2, 0.25) is 5.02 Å². The first kappa shape index (κ1) is 14.0. The minimum absolute atomic E-state index is 0.00576. The summed E-state index contributed by atoms with van der Waals surface area (Å²) in [5.41, 5.74) is -0.882. The van der Waals surface area contributed by atoms with E-state index < -0.39 is 23.8 Å². The zero-order valence-electron chi connectivity index (χ0n) is 10.00. The maximum absolute atomic E-state index is 13.0. The van der Waals surface area contributed by atoms with Gasteiger partial charge in [0.05, 0.1) is 12.7 Å². The summed E-state index contributed by atoms with van der Waals surface area (Å²) in [6.45, 7) is 0.379. The van der Waals surface area contributed by atoms with Gasteiger partial charge in [-0.3, -0.25) is 0 Å². The van der Waals surface area contributed by atoms with Crippen LogP contribution in [0.25, 0.3) is 0 Å². The summed E-state index contributed by atoms with van der Waals surface area (Å²) >= 11 is 5.60. The Morgan fingerprint density at radius 2 is 2.16 bits per heavy atom. The van der Waals surface area contributed by atoms with Crippen molar-refractivity contribution in [3.8, 4) is 0 Å². The van der Waals surface area contributed by atoms with Gasteiger partial charge in [0.15, 0.2) is 0 Å². The molecule has 0 bridgehead atoms. The number of hydrogen-bond donors (Lipinski definition) is 0. The quantitative estimate of drug-likeness (QED) is 0.785. The number of ether oxygens (including phenoxy) is 1. The molecule has 0 amide bonds. The zero-order valence-corrected chi connectivity index (χ0v) is 10.8. The van der Waals surface area contributed by atoms with E-state index in [1.54, 1.807) is 0 Å². The van der Waals surface area contributed by atoms with Gasteiger partial charge in [-0.15, -0.1) is 0 Å². The highest BCUT2D eigenvalue weighted by molar-refractivity contribution is 6.30. The zero-order chi connectivity index (χ0) is 14.2. The summed E-state index contributed by atoms with van der Waals surface area (Å²) in [4.78, 5) is 12.8. The van der Waals surface area contributed by atoms with Crippen LogP contribution in [0.1, 0.15) is 12.0 Å². The molecule has 0 N–H and O–H groups in total. The van der Waals surface area contributed by atoms with Crippen molar-refractivity contribution in [2.45, 2.75) is 18.6 Å². The van der Waals surface area contributed by atoms with Crippen LogP contribution in [0.4, 0.5) is 18.9 Å². The molecule has 1 aliphatic heterocycles. The fraction of sp³-hybridized carbons (Fsp3) is 0.417. The minimum Gasteiger partial charge on any atom is -0.467 e. The number of halogens is 4. The van der Waals surface area contributed by atoms with E-state index in [4.69, 9.17) is 11.6 Å². The Morgan fingerprint density at radius 3 is 2.63 bits per heavy atom. The molecule has 19 heavy (non-hydrogen) atoms. The van der Waals surface area contributed by atoms with E-state index in [0.717, 1.165) is 6.07 Å². The topological polar surface area (TPSA) is 29.5 Å². The molecule has 0 radical (unpaired) electrons. The lowest BCUT2D eigenvalue weighted by molar-refractivity contribution is -0.144. The molecular formula is C12H11ClF3NO2. The summed E-state index contributed by atoms with van der Waals surface area (Å²) in [7, 11) is 1.21. The van der Waals surface area contributed by atoms with Crippen molar-refractivity contribution in [2.75, 3.05) is 18.6 Å². The molecule has 0 aliphatic carbocycles. The Hall–Kier alpha value is -1.43. The van der Waals surface area contributed by atoms with E-state index in [1.807, 2.05) is 0 Å². The van der Waals surface area contributed by atoms with E-state index >= 15 is 0 Å². The third-order valence-corrected chi connectivity index (χ3v) is 3.30. The molecule has 1 aromatic carbocycles. The monoisotopic (exact) mass is 293 g/mol. The van der Waals surface area contributed by atoms with Crippen LogP contribution in [-0.2, 0) is 15.7 Å². The fourth-order valence-electron chi connectivity index (χ4n) is 2.04. The van der Waals surface area contributed by atoms with Crippen molar-refractivity contribution >= 4 is 23.3 Å². The van der Waals surface area contributed by atoms with Crippen molar-refractivity contribution in [2.24, 2.45) is 0 Å². The van der Waals surface area contributed by atoms with Gasteiger partial charge >= 0.3 is 12.1 Å². The number of esters is 1. The summed E-state index contributed by atoms with van der Waals surface area (Å²) in [6.07, 6.45) is -4.04. The second-order valence-electron chi connectivity index (χ2n) is 4.18. The van der Waals surface area contributed by atoms with Gasteiger partial charge in [-0.2, -0.15) is 13.2 Å². The number of carbonyl (C=O) groups is 1. The highest BCUT2D eigenvalue weighted by Gasteiger charge is 2.41. The van der Waals surface area contributed by atoms with Gasteiger partial charge in [-0.25, -0.2) is 4.79 Å². The Labute approximate surface area is 112 Å². The van der Waals surface area contributed by atoms with Gasteiger partial charge in [-0.1, -0.05) is 11.6 Å². The standard InChI is InChI=1S/C12H11ClF3NO2/c1-19-11(18)10-4-5-17(10)9-3-2-7(13)6-8(9)12(14,15)16/h2-3,6,10H,4-5H2,1H3. The molecule has 104 valence electrons. The van der Waals surface area contributed by atoms with Crippen LogP contribution in [0, 0.1) is 0 Å². The van der Waals surface area contributed by atoms with Crippen molar-refractivity contribution in [1.29, 1.82) is 0 Å². The molecule has 1 heterocycles. The van der Waals surface area contributed by atoms with Crippen molar-refractivity contribution < 1.29 is 22.7 Å². The maximum Gasteiger partial charge on any atom is 0.418 e. The number of anilines is 1. The molecule has 1 atom stereocenters. The second kappa shape index (κ2) is 4.92. The average molecular weight is 294 g/mol. The first-order valence-corrected chi connectivity index (χ1v) is 5.93. The summed E-state index contributed by atoms with van der Waals surface area (Å²) in [6, 6.07) is 2.86. The van der Waals surface area contributed by atoms with Gasteiger partial charge in [0.2, 0.25) is 0 Å². The summed E-state index contributed by atoms with van der Waals surface area (Å²) < 4.78 is 43.4. The number of rotatable bonds is 2. The number of carbonyl (C=O) groups excluding carboxylic acids is 1. The van der Waals surface area contributed by atoms with Crippen LogP contribution < -0.4 is 4.90 Å². The number of methoxy groups -OCH3 is 1. The average Bonchev–Trinajstić information content (AvgIpc) is 2.28. The van der Waals surface area contributed by atoms with E-state index in [0.29, 0.717) is 13.0 Å². The molecule has 1 fully saturated rings. The van der Waals surface area contributed by atoms with Crippen LogP contribution in [0.5, 0.6) is 0 Å². The Bertz CT molecular complexity index is 504. The van der Waals surface area contributed by atoms with Gasteiger partial charge < -0.3 is 9.64 Å². The van der Waals surface area contributed by atoms with Gasteiger partial charge in [-0.05, 0) is 24.6 Å². The fourth-order valence-corrected chi connectivity index (χ4v) is 2.21.